The molecule has 0 atom stereocenters. The minimum Gasteiger partial charge on any atom is -0.445 e. The van der Waals surface area contributed by atoms with Crippen LogP contribution in [0.3, 0.4) is 0 Å². The van der Waals surface area contributed by atoms with Crippen molar-refractivity contribution in [2.24, 2.45) is 0 Å². The van der Waals surface area contributed by atoms with E-state index in [1.807, 2.05) is 30.3 Å². The SMILES string of the molecule is Cl.Nc1ccc(CCNC(=O)OCc2ccccc2)c(F)c1. The van der Waals surface area contributed by atoms with Crippen LogP contribution in [0.2, 0.25) is 0 Å². The van der Waals surface area contributed by atoms with E-state index in [-0.39, 0.29) is 24.8 Å². The van der Waals surface area contributed by atoms with Crippen molar-refractivity contribution in [1.29, 1.82) is 0 Å². The van der Waals surface area contributed by atoms with Crippen LogP contribution in [0.25, 0.3) is 0 Å². The maximum atomic E-state index is 13.5. The molecule has 2 aromatic carbocycles. The molecule has 0 aromatic heterocycles. The minimum atomic E-state index is -0.519. The average Bonchev–Trinajstić information content (AvgIpc) is 2.48. The van der Waals surface area contributed by atoms with Crippen molar-refractivity contribution in [1.82, 2.24) is 5.32 Å². The third-order valence-corrected chi connectivity index (χ3v) is 2.95. The van der Waals surface area contributed by atoms with Gasteiger partial charge < -0.3 is 15.8 Å². The molecular formula is C16H18ClFN2O2. The van der Waals surface area contributed by atoms with Crippen molar-refractivity contribution in [2.45, 2.75) is 13.0 Å². The van der Waals surface area contributed by atoms with E-state index in [2.05, 4.69) is 5.32 Å². The first-order valence-corrected chi connectivity index (χ1v) is 6.63. The van der Waals surface area contributed by atoms with Crippen molar-refractivity contribution in [3.63, 3.8) is 0 Å². The summed E-state index contributed by atoms with van der Waals surface area (Å²) in [5.74, 6) is -0.366. The average molecular weight is 325 g/mol. The monoisotopic (exact) mass is 324 g/mol. The van der Waals surface area contributed by atoms with Crippen LogP contribution in [-0.2, 0) is 17.8 Å². The van der Waals surface area contributed by atoms with Gasteiger partial charge in [-0.3, -0.25) is 0 Å². The fraction of sp³-hybridized carbons (Fsp3) is 0.188. The molecule has 118 valence electrons. The molecule has 2 aromatic rings. The number of halogens is 2. The Morgan fingerprint density at radius 3 is 2.59 bits per heavy atom. The second-order valence-corrected chi connectivity index (χ2v) is 4.59. The number of carbonyl (C=O) groups is 1. The van der Waals surface area contributed by atoms with E-state index in [9.17, 15) is 9.18 Å². The molecule has 0 unspecified atom stereocenters. The zero-order valence-electron chi connectivity index (χ0n) is 11.9. The molecule has 6 heteroatoms. The number of nitrogens with one attached hydrogen (secondary N) is 1. The highest BCUT2D eigenvalue weighted by Crippen LogP contribution is 2.11. The number of hydrogen-bond donors (Lipinski definition) is 2. The van der Waals surface area contributed by atoms with Crippen molar-refractivity contribution in [3.05, 3.63) is 65.5 Å². The Morgan fingerprint density at radius 2 is 1.91 bits per heavy atom. The van der Waals surface area contributed by atoms with E-state index in [4.69, 9.17) is 10.5 Å². The summed E-state index contributed by atoms with van der Waals surface area (Å²) >= 11 is 0. The van der Waals surface area contributed by atoms with E-state index >= 15 is 0 Å². The highest BCUT2D eigenvalue weighted by molar-refractivity contribution is 5.85. The summed E-state index contributed by atoms with van der Waals surface area (Å²) in [6.45, 7) is 0.511. The predicted octanol–water partition coefficient (Wildman–Crippen LogP) is 3.30. The topological polar surface area (TPSA) is 64.3 Å². The fourth-order valence-corrected chi connectivity index (χ4v) is 1.84. The molecular weight excluding hydrogens is 307 g/mol. The highest BCUT2D eigenvalue weighted by Gasteiger charge is 2.05. The summed E-state index contributed by atoms with van der Waals surface area (Å²) in [5.41, 5.74) is 7.27. The molecule has 4 nitrogen and oxygen atoms in total. The number of nitrogens with two attached hydrogens (primary N) is 1. The Bertz CT molecular complexity index is 608. The summed E-state index contributed by atoms with van der Waals surface area (Å²) in [5, 5.41) is 2.58. The van der Waals surface area contributed by atoms with Gasteiger partial charge in [-0.15, -0.1) is 12.4 Å². The number of benzene rings is 2. The lowest BCUT2D eigenvalue weighted by molar-refractivity contribution is 0.140. The number of carbonyl (C=O) groups excluding carboxylic acids is 1. The van der Waals surface area contributed by atoms with E-state index in [0.29, 0.717) is 24.2 Å². The van der Waals surface area contributed by atoms with Gasteiger partial charge in [0.2, 0.25) is 0 Å². The Labute approximate surface area is 134 Å². The zero-order chi connectivity index (χ0) is 15.1. The van der Waals surface area contributed by atoms with Crippen molar-refractivity contribution >= 4 is 24.2 Å². The number of ether oxygens (including phenoxy) is 1. The summed E-state index contributed by atoms with van der Waals surface area (Å²) in [6.07, 6.45) is -0.137. The van der Waals surface area contributed by atoms with Crippen molar-refractivity contribution < 1.29 is 13.9 Å². The van der Waals surface area contributed by atoms with Crippen LogP contribution in [0.1, 0.15) is 11.1 Å². The first kappa shape index (κ1) is 17.8. The van der Waals surface area contributed by atoms with Gasteiger partial charge in [0.25, 0.3) is 0 Å². The van der Waals surface area contributed by atoms with Gasteiger partial charge in [0.15, 0.2) is 0 Å². The lowest BCUT2D eigenvalue weighted by Crippen LogP contribution is -2.26. The van der Waals surface area contributed by atoms with Crippen molar-refractivity contribution in [2.75, 3.05) is 12.3 Å². The number of anilines is 1. The summed E-state index contributed by atoms with van der Waals surface area (Å²) in [4.78, 5) is 11.5. The van der Waals surface area contributed by atoms with Crippen LogP contribution in [0.15, 0.2) is 48.5 Å². The second kappa shape index (κ2) is 8.89. The standard InChI is InChI=1S/C16H17FN2O2.ClH/c17-15-10-14(18)7-6-13(15)8-9-19-16(20)21-11-12-4-2-1-3-5-12;/h1-7,10H,8-9,11,18H2,(H,19,20);1H. The van der Waals surface area contributed by atoms with E-state index in [0.717, 1.165) is 5.56 Å². The molecule has 0 aliphatic rings. The zero-order valence-corrected chi connectivity index (χ0v) is 12.7. The lowest BCUT2D eigenvalue weighted by atomic mass is 10.1. The molecule has 0 bridgehead atoms. The van der Waals surface area contributed by atoms with Crippen LogP contribution in [-0.4, -0.2) is 12.6 Å². The number of alkyl carbamates (subject to hydrolysis) is 1. The summed E-state index contributed by atoms with van der Waals surface area (Å²) in [7, 11) is 0. The molecule has 0 heterocycles. The maximum Gasteiger partial charge on any atom is 0.407 e. The maximum absolute atomic E-state index is 13.5. The van der Waals surface area contributed by atoms with Crippen LogP contribution in [0.4, 0.5) is 14.9 Å². The number of nitrogen functional groups attached to an aromatic ring is 1. The number of amides is 1. The van der Waals surface area contributed by atoms with Crippen LogP contribution in [0.5, 0.6) is 0 Å². The predicted molar refractivity (Wildman–Crippen MR) is 86.4 cm³/mol. The molecule has 0 radical (unpaired) electrons. The Morgan fingerprint density at radius 1 is 1.18 bits per heavy atom. The molecule has 0 aliphatic heterocycles. The molecule has 2 rings (SSSR count). The normalized spacial score (nSPS) is 9.68. The smallest absolute Gasteiger partial charge is 0.407 e. The minimum absolute atomic E-state index is 0. The second-order valence-electron chi connectivity index (χ2n) is 4.59. The molecule has 0 spiro atoms. The van der Waals surface area contributed by atoms with Gasteiger partial charge in [-0.05, 0) is 29.7 Å². The first-order valence-electron chi connectivity index (χ1n) is 6.63. The molecule has 1 amide bonds. The highest BCUT2D eigenvalue weighted by atomic mass is 35.5. The quantitative estimate of drug-likeness (QED) is 0.829. The Hall–Kier alpha value is -2.27. The Kier molecular flexibility index (Phi) is 7.19. The lowest BCUT2D eigenvalue weighted by Gasteiger charge is -2.08. The van der Waals surface area contributed by atoms with Gasteiger partial charge in [-0.25, -0.2) is 9.18 Å². The Balaban J connectivity index is 0.00000242. The van der Waals surface area contributed by atoms with Crippen LogP contribution in [0, 0.1) is 5.82 Å². The summed E-state index contributed by atoms with van der Waals surface area (Å²) in [6, 6.07) is 13.9. The van der Waals surface area contributed by atoms with E-state index < -0.39 is 6.09 Å². The van der Waals surface area contributed by atoms with Gasteiger partial charge in [-0.2, -0.15) is 0 Å². The van der Waals surface area contributed by atoms with E-state index in [1.165, 1.54) is 6.07 Å². The van der Waals surface area contributed by atoms with Gasteiger partial charge in [0.1, 0.15) is 12.4 Å². The van der Waals surface area contributed by atoms with Gasteiger partial charge in [0.05, 0.1) is 0 Å². The van der Waals surface area contributed by atoms with Crippen LogP contribution >= 0.6 is 12.4 Å². The summed E-state index contributed by atoms with van der Waals surface area (Å²) < 4.78 is 18.6. The fourth-order valence-electron chi connectivity index (χ4n) is 1.84. The number of rotatable bonds is 5. The van der Waals surface area contributed by atoms with Gasteiger partial charge in [0, 0.05) is 12.2 Å². The van der Waals surface area contributed by atoms with Crippen molar-refractivity contribution in [3.8, 4) is 0 Å². The third kappa shape index (κ3) is 5.61. The molecule has 0 saturated carbocycles. The third-order valence-electron chi connectivity index (χ3n) is 2.95. The molecule has 0 fully saturated rings. The molecule has 3 N–H and O–H groups in total. The molecule has 22 heavy (non-hydrogen) atoms. The number of hydrogen-bond acceptors (Lipinski definition) is 3. The molecule has 0 saturated heterocycles. The van der Waals surface area contributed by atoms with E-state index in [1.54, 1.807) is 12.1 Å². The van der Waals surface area contributed by atoms with Gasteiger partial charge >= 0.3 is 6.09 Å². The largest absolute Gasteiger partial charge is 0.445 e. The molecule has 0 aliphatic carbocycles. The van der Waals surface area contributed by atoms with Crippen LogP contribution < -0.4 is 11.1 Å². The van der Waals surface area contributed by atoms with Gasteiger partial charge in [-0.1, -0.05) is 36.4 Å². The first-order chi connectivity index (χ1) is 10.1.